The Morgan fingerprint density at radius 1 is 1.45 bits per heavy atom. The van der Waals surface area contributed by atoms with Gasteiger partial charge in [-0.1, -0.05) is 19.5 Å². The van der Waals surface area contributed by atoms with E-state index in [0.29, 0.717) is 0 Å². The van der Waals surface area contributed by atoms with Gasteiger partial charge in [0.2, 0.25) is 0 Å². The molecule has 0 aromatic carbocycles. The molecule has 0 atom stereocenters. The van der Waals surface area contributed by atoms with Crippen LogP contribution in [-0.2, 0) is 32.7 Å². The van der Waals surface area contributed by atoms with E-state index in [2.05, 4.69) is 25.8 Å². The Kier molecular flexibility index (Phi) is 4.27. The number of allylic oxidation sites excluding steroid dienone is 3. The van der Waals surface area contributed by atoms with Crippen LogP contribution in [0.2, 0.25) is 0 Å². The summed E-state index contributed by atoms with van der Waals surface area (Å²) >= 11 is 0. The smallest absolute Gasteiger partial charge is 0 e. The van der Waals surface area contributed by atoms with Crippen molar-refractivity contribution in [2.75, 3.05) is 7.05 Å². The molecule has 57 valence electrons. The van der Waals surface area contributed by atoms with Gasteiger partial charge in [-0.3, -0.25) is 0 Å². The second kappa shape index (κ2) is 4.22. The Bertz CT molecular complexity index is 226. The molecule has 1 aliphatic heterocycles. The zero-order valence-corrected chi connectivity index (χ0v) is 10.1. The van der Waals surface area contributed by atoms with Crippen LogP contribution in [0.5, 0.6) is 0 Å². The van der Waals surface area contributed by atoms with Gasteiger partial charge in [0.15, 0.2) is 0 Å². The summed E-state index contributed by atoms with van der Waals surface area (Å²) in [4.78, 5) is 1.92. The van der Waals surface area contributed by atoms with Crippen LogP contribution in [0.3, 0.4) is 0 Å². The summed E-state index contributed by atoms with van der Waals surface area (Å²) in [6.07, 6.45) is 5.22. The molecule has 1 radical (unpaired) electrons. The standard InChI is InChI=1S/C9H12N.Y/c1-7-5-8(2)9(3)10(4)6-7;/h5H,3H2,1-2,4H3;/q-1;. The van der Waals surface area contributed by atoms with Gasteiger partial charge in [-0.2, -0.15) is 6.08 Å². The molecule has 1 heterocycles. The van der Waals surface area contributed by atoms with Gasteiger partial charge in [-0.15, -0.1) is 23.9 Å². The average Bonchev–Trinajstić information content (AvgIpc) is 1.82. The summed E-state index contributed by atoms with van der Waals surface area (Å²) in [6.45, 7) is 7.99. The van der Waals surface area contributed by atoms with Crippen molar-refractivity contribution in [1.29, 1.82) is 0 Å². The topological polar surface area (TPSA) is 3.24 Å². The summed E-state index contributed by atoms with van der Waals surface area (Å²) in [5.74, 6) is 0. The maximum absolute atomic E-state index is 3.89. The molecule has 0 aliphatic carbocycles. The van der Waals surface area contributed by atoms with Crippen molar-refractivity contribution in [3.05, 3.63) is 35.7 Å². The van der Waals surface area contributed by atoms with Crippen LogP contribution in [0.15, 0.2) is 29.5 Å². The zero-order valence-electron chi connectivity index (χ0n) is 7.31. The van der Waals surface area contributed by atoms with E-state index in [1.807, 2.05) is 18.9 Å². The molecule has 2 heteroatoms. The summed E-state index contributed by atoms with van der Waals surface area (Å²) in [6, 6.07) is 0. The fraction of sp³-hybridized carbons (Fsp3) is 0.333. The van der Waals surface area contributed by atoms with Gasteiger partial charge in [0, 0.05) is 32.7 Å². The fourth-order valence-corrected chi connectivity index (χ4v) is 1.04. The summed E-state index contributed by atoms with van der Waals surface area (Å²) in [5, 5.41) is 0. The predicted molar refractivity (Wildman–Crippen MR) is 43.1 cm³/mol. The number of nitrogens with zero attached hydrogens (tertiary/aromatic N) is 1. The Morgan fingerprint density at radius 2 is 2.00 bits per heavy atom. The Labute approximate surface area is 93.7 Å². The van der Waals surface area contributed by atoms with Crippen LogP contribution >= 0.6 is 0 Å². The normalized spacial score (nSPS) is 17.0. The molecule has 1 nitrogen and oxygen atoms in total. The quantitative estimate of drug-likeness (QED) is 0.568. The summed E-state index contributed by atoms with van der Waals surface area (Å²) in [7, 11) is 1.96. The van der Waals surface area contributed by atoms with Gasteiger partial charge in [0.1, 0.15) is 0 Å². The molecule has 0 aromatic rings. The molecule has 0 N–H and O–H groups in total. The molecular weight excluding hydrogens is 211 g/mol. The second-order valence-corrected chi connectivity index (χ2v) is 2.63. The van der Waals surface area contributed by atoms with Crippen LogP contribution in [0.25, 0.3) is 0 Å². The van der Waals surface area contributed by atoms with Crippen molar-refractivity contribution in [2.45, 2.75) is 13.8 Å². The van der Waals surface area contributed by atoms with E-state index in [-0.39, 0.29) is 32.7 Å². The number of rotatable bonds is 0. The van der Waals surface area contributed by atoms with Crippen LogP contribution in [0.4, 0.5) is 0 Å². The third-order valence-electron chi connectivity index (χ3n) is 1.64. The molecule has 0 bridgehead atoms. The van der Waals surface area contributed by atoms with Gasteiger partial charge in [-0.25, -0.2) is 0 Å². The number of hydrogen-bond donors (Lipinski definition) is 0. The van der Waals surface area contributed by atoms with Crippen molar-refractivity contribution in [1.82, 2.24) is 4.90 Å². The van der Waals surface area contributed by atoms with E-state index in [4.69, 9.17) is 0 Å². The zero-order chi connectivity index (χ0) is 7.72. The van der Waals surface area contributed by atoms with Crippen molar-refractivity contribution in [3.8, 4) is 0 Å². The van der Waals surface area contributed by atoms with Crippen molar-refractivity contribution in [2.24, 2.45) is 0 Å². The van der Waals surface area contributed by atoms with E-state index in [1.165, 1.54) is 5.57 Å². The Morgan fingerprint density at radius 3 is 2.45 bits per heavy atom. The number of hydrogen-bond acceptors (Lipinski definition) is 1. The molecule has 11 heavy (non-hydrogen) atoms. The molecule has 0 spiro atoms. The van der Waals surface area contributed by atoms with E-state index in [0.717, 1.165) is 11.3 Å². The SMILES string of the molecule is C=C1C(C)=CC(C)=[C-]N1C.[Y]. The fourth-order valence-electron chi connectivity index (χ4n) is 1.04. The molecule has 0 saturated heterocycles. The maximum Gasteiger partial charge on any atom is 0 e. The minimum atomic E-state index is 0. The summed E-state index contributed by atoms with van der Waals surface area (Å²) < 4.78 is 0. The van der Waals surface area contributed by atoms with Crippen molar-refractivity contribution >= 4 is 0 Å². The van der Waals surface area contributed by atoms with E-state index in [1.54, 1.807) is 0 Å². The van der Waals surface area contributed by atoms with Gasteiger partial charge >= 0.3 is 0 Å². The van der Waals surface area contributed by atoms with Gasteiger partial charge in [0.25, 0.3) is 0 Å². The Balaban J connectivity index is 0.000001000. The number of likely N-dealkylation sites (N-methyl/N-ethyl adjacent to an activating group) is 1. The van der Waals surface area contributed by atoms with E-state index < -0.39 is 0 Å². The summed E-state index contributed by atoms with van der Waals surface area (Å²) in [5.41, 5.74) is 3.41. The molecule has 1 aliphatic rings. The Hall–Kier alpha value is 0.124. The van der Waals surface area contributed by atoms with Crippen LogP contribution in [0, 0.1) is 6.20 Å². The minimum Gasteiger partial charge on any atom is -0.458 e. The third kappa shape index (κ3) is 2.57. The molecule has 0 unspecified atom stereocenters. The van der Waals surface area contributed by atoms with Crippen LogP contribution in [0.1, 0.15) is 13.8 Å². The van der Waals surface area contributed by atoms with Crippen molar-refractivity contribution < 1.29 is 32.7 Å². The first-order chi connectivity index (χ1) is 4.61. The molecule has 0 fully saturated rings. The first-order valence-electron chi connectivity index (χ1n) is 3.33. The van der Waals surface area contributed by atoms with E-state index in [9.17, 15) is 0 Å². The largest absolute Gasteiger partial charge is 0.458 e. The first-order valence-corrected chi connectivity index (χ1v) is 3.33. The monoisotopic (exact) mass is 223 g/mol. The molecule has 0 saturated carbocycles. The maximum atomic E-state index is 3.89. The second-order valence-electron chi connectivity index (χ2n) is 2.63. The molecule has 0 amide bonds. The minimum absolute atomic E-state index is 0. The predicted octanol–water partition coefficient (Wildman–Crippen LogP) is 2.10. The van der Waals surface area contributed by atoms with Crippen molar-refractivity contribution in [3.63, 3.8) is 0 Å². The van der Waals surface area contributed by atoms with Crippen LogP contribution in [-0.4, -0.2) is 11.9 Å². The molecular formula is C9H12NY-. The molecule has 0 aromatic heterocycles. The molecule has 1 rings (SSSR count). The van der Waals surface area contributed by atoms with Crippen LogP contribution < -0.4 is 0 Å². The van der Waals surface area contributed by atoms with E-state index >= 15 is 0 Å². The van der Waals surface area contributed by atoms with Gasteiger partial charge in [0.05, 0.1) is 0 Å². The third-order valence-corrected chi connectivity index (χ3v) is 1.64. The van der Waals surface area contributed by atoms with Gasteiger partial charge < -0.3 is 4.90 Å². The first kappa shape index (κ1) is 11.1. The average molecular weight is 223 g/mol. The van der Waals surface area contributed by atoms with Gasteiger partial charge in [-0.05, 0) is 7.05 Å².